The summed E-state index contributed by atoms with van der Waals surface area (Å²) in [5.41, 5.74) is 0.894. The zero-order valence-electron chi connectivity index (χ0n) is 20.2. The van der Waals surface area contributed by atoms with E-state index in [9.17, 15) is 9.90 Å². The fourth-order valence-corrected chi connectivity index (χ4v) is 2.47. The van der Waals surface area contributed by atoms with E-state index in [1.54, 1.807) is 0 Å². The Labute approximate surface area is 210 Å². The smallest absolute Gasteiger partial charge is 0.0943 e. The van der Waals surface area contributed by atoms with Crippen molar-refractivity contribution >= 4 is 5.97 Å². The van der Waals surface area contributed by atoms with Crippen LogP contribution in [0.1, 0.15) is 87.5 Å². The van der Waals surface area contributed by atoms with Gasteiger partial charge in [-0.1, -0.05) is 61.5 Å². The Morgan fingerprint density at radius 3 is 1.50 bits per heavy atom. The van der Waals surface area contributed by atoms with Gasteiger partial charge < -0.3 is 9.90 Å². The van der Waals surface area contributed by atoms with Crippen molar-refractivity contribution in [2.75, 3.05) is 0 Å². The van der Waals surface area contributed by atoms with E-state index in [0.29, 0.717) is 24.2 Å². The summed E-state index contributed by atoms with van der Waals surface area (Å²) in [4.78, 5) is 10.1. The van der Waals surface area contributed by atoms with Crippen molar-refractivity contribution in [3.8, 4) is 18.2 Å². The molecule has 0 aromatic rings. The molecular weight excluding hydrogens is 451 g/mol. The predicted octanol–water partition coefficient (Wildman–Crippen LogP) is 5.39. The molecule has 0 N–H and O–H groups in total. The van der Waals surface area contributed by atoms with Crippen LogP contribution < -0.4 is 5.11 Å². The Kier molecular flexibility index (Phi) is 29.0. The number of nitriles is 3. The van der Waals surface area contributed by atoms with E-state index in [1.807, 2.05) is 32.9 Å². The Hall–Kier alpha value is -1.22. The van der Waals surface area contributed by atoms with E-state index in [2.05, 4.69) is 46.8 Å². The third-order valence-electron chi connectivity index (χ3n) is 3.84. The summed E-state index contributed by atoms with van der Waals surface area (Å²) < 4.78 is 0. The zero-order valence-corrected chi connectivity index (χ0v) is 23.1. The van der Waals surface area contributed by atoms with Gasteiger partial charge in [-0.25, -0.2) is 0 Å². The van der Waals surface area contributed by atoms with Gasteiger partial charge in [-0.3, -0.25) is 0 Å². The Morgan fingerprint density at radius 2 is 1.33 bits per heavy atom. The van der Waals surface area contributed by atoms with Crippen LogP contribution >= 0.6 is 0 Å². The van der Waals surface area contributed by atoms with E-state index in [-0.39, 0.29) is 51.0 Å². The predicted molar refractivity (Wildman–Crippen MR) is 116 cm³/mol. The van der Waals surface area contributed by atoms with Gasteiger partial charge >= 0.3 is 0 Å². The molecule has 2 atom stereocenters. The number of carboxylic acid groups (broad SMARTS) is 1. The molecule has 0 spiro atoms. The number of hydrogen-bond donors (Lipinski definition) is 0. The quantitative estimate of drug-likeness (QED) is 0.401. The van der Waals surface area contributed by atoms with Gasteiger partial charge in [0.2, 0.25) is 0 Å². The first-order valence-corrected chi connectivity index (χ1v) is 10.6. The molecule has 0 aliphatic carbocycles. The van der Waals surface area contributed by atoms with E-state index in [4.69, 9.17) is 15.8 Å². The normalized spacial score (nSPS) is 12.1. The molecule has 30 heavy (non-hydrogen) atoms. The van der Waals surface area contributed by atoms with Gasteiger partial charge in [-0.2, -0.15) is 15.8 Å². The third-order valence-corrected chi connectivity index (χ3v) is 3.84. The van der Waals surface area contributed by atoms with Crippen LogP contribution in [0.3, 0.4) is 0 Å². The van der Waals surface area contributed by atoms with E-state index >= 15 is 0 Å². The molecule has 1 radical (unpaired) electrons. The fraction of sp³-hybridized carbons (Fsp3) is 0.750. The van der Waals surface area contributed by atoms with Crippen molar-refractivity contribution in [3.63, 3.8) is 0 Å². The van der Waals surface area contributed by atoms with Gasteiger partial charge in [-0.15, -0.1) is 0 Å². The second-order valence-corrected chi connectivity index (χ2v) is 8.30. The van der Waals surface area contributed by atoms with E-state index in [0.717, 1.165) is 24.8 Å². The van der Waals surface area contributed by atoms with Crippen LogP contribution in [0, 0.1) is 63.6 Å². The van der Waals surface area contributed by atoms with Crippen molar-refractivity contribution in [3.05, 3.63) is 11.6 Å². The minimum absolute atomic E-state index is 0. The van der Waals surface area contributed by atoms with Crippen molar-refractivity contribution in [1.29, 1.82) is 15.8 Å². The first kappa shape index (κ1) is 36.2. The van der Waals surface area contributed by atoms with E-state index < -0.39 is 5.97 Å². The first-order valence-electron chi connectivity index (χ1n) is 10.6. The molecule has 0 unspecified atom stereocenters. The molecular formula is C24H40N3O2Y-. The van der Waals surface area contributed by atoms with Crippen LogP contribution in [0.25, 0.3) is 0 Å². The molecule has 0 amide bonds. The Morgan fingerprint density at radius 1 is 0.900 bits per heavy atom. The molecule has 0 aliphatic heterocycles. The van der Waals surface area contributed by atoms with Crippen LogP contribution in [0.15, 0.2) is 11.6 Å². The van der Waals surface area contributed by atoms with Crippen molar-refractivity contribution < 1.29 is 42.6 Å². The Balaban J connectivity index is -0.000000167. The molecule has 0 bridgehead atoms. The maximum absolute atomic E-state index is 10.1. The van der Waals surface area contributed by atoms with Crippen LogP contribution in [0.4, 0.5) is 0 Å². The third kappa shape index (κ3) is 29.0. The first-order chi connectivity index (χ1) is 13.5. The standard InChI is InChI=1S/C8H13NO2.C8H15N.C8H13N.Y/c1-6(2)3-7(5-9)4-8(10)11;2*1-4-8(6-9)5-7(2)3;/h6-7H,3-4H2,1-2H3,(H,10,11);7-8H,4-5H2,1-3H3;5,7H,4H2,1-3H3;/p-1/t7-;8-;;/m01../s1. The number of carboxylic acids is 1. The van der Waals surface area contributed by atoms with Crippen LogP contribution in [-0.2, 0) is 37.5 Å². The number of carbonyl (C=O) groups is 1. The molecule has 0 aromatic carbocycles. The van der Waals surface area contributed by atoms with Gasteiger partial charge in [0.25, 0.3) is 0 Å². The molecule has 5 nitrogen and oxygen atoms in total. The van der Waals surface area contributed by atoms with Crippen molar-refractivity contribution in [2.45, 2.75) is 87.5 Å². The monoisotopic (exact) mass is 491 g/mol. The zero-order chi connectivity index (χ0) is 23.4. The summed E-state index contributed by atoms with van der Waals surface area (Å²) in [5.74, 6) is 0.274. The van der Waals surface area contributed by atoms with Gasteiger partial charge in [0.05, 0.1) is 24.1 Å². The van der Waals surface area contributed by atoms with Gasteiger partial charge in [0, 0.05) is 56.6 Å². The van der Waals surface area contributed by atoms with Crippen molar-refractivity contribution in [2.24, 2.45) is 29.6 Å². The number of nitrogens with zero attached hydrogens (tertiary/aromatic N) is 3. The molecule has 167 valence electrons. The molecule has 0 saturated carbocycles. The second-order valence-electron chi connectivity index (χ2n) is 8.30. The maximum atomic E-state index is 10.1. The molecule has 0 fully saturated rings. The van der Waals surface area contributed by atoms with Gasteiger partial charge in [-0.05, 0) is 43.4 Å². The molecule has 0 aliphatic rings. The summed E-state index contributed by atoms with van der Waals surface area (Å²) in [6.07, 6.45) is 5.38. The van der Waals surface area contributed by atoms with E-state index in [1.165, 1.54) is 0 Å². The summed E-state index contributed by atoms with van der Waals surface area (Å²) in [6, 6.07) is 6.37. The number of carbonyl (C=O) groups excluding carboxylic acids is 1. The molecule has 6 heteroatoms. The average Bonchev–Trinajstić information content (AvgIpc) is 2.63. The number of rotatable bonds is 9. The summed E-state index contributed by atoms with van der Waals surface area (Å²) >= 11 is 0. The number of hydrogen-bond acceptors (Lipinski definition) is 5. The fourth-order valence-electron chi connectivity index (χ4n) is 2.47. The largest absolute Gasteiger partial charge is 0.550 e. The van der Waals surface area contributed by atoms with Crippen LogP contribution in [-0.4, -0.2) is 5.97 Å². The number of aliphatic carboxylic acids is 1. The molecule has 0 saturated heterocycles. The van der Waals surface area contributed by atoms with Crippen LogP contribution in [0.2, 0.25) is 0 Å². The SMILES string of the molecule is CC(C)C[C@H](C#N)CC(=O)[O-].CCC(C#N)=CC(C)C.CC[C@@H](C#N)CC(C)C.[Y]. The minimum Gasteiger partial charge on any atom is -0.550 e. The summed E-state index contributed by atoms with van der Waals surface area (Å²) in [7, 11) is 0. The number of allylic oxidation sites excluding steroid dienone is 2. The molecule has 0 rings (SSSR count). The van der Waals surface area contributed by atoms with Crippen molar-refractivity contribution in [1.82, 2.24) is 0 Å². The minimum atomic E-state index is -1.14. The van der Waals surface area contributed by atoms with Gasteiger partial charge in [0.15, 0.2) is 0 Å². The summed E-state index contributed by atoms with van der Waals surface area (Å²) in [5, 5.41) is 35.6. The summed E-state index contributed by atoms with van der Waals surface area (Å²) in [6.45, 7) is 16.4. The maximum Gasteiger partial charge on any atom is 0.0943 e. The average molecular weight is 492 g/mol. The topological polar surface area (TPSA) is 112 Å². The molecule has 0 aromatic heterocycles. The molecule has 0 heterocycles. The van der Waals surface area contributed by atoms with Gasteiger partial charge in [0.1, 0.15) is 0 Å². The second kappa shape index (κ2) is 24.1. The van der Waals surface area contributed by atoms with Crippen LogP contribution in [0.5, 0.6) is 0 Å². The Bertz CT molecular complexity index is 579.